The predicted octanol–water partition coefficient (Wildman–Crippen LogP) is 5.64. The van der Waals surface area contributed by atoms with Gasteiger partial charge in [-0.2, -0.15) is 0 Å². The number of hydrogen-bond donors (Lipinski definition) is 1. The molecule has 0 spiro atoms. The van der Waals surface area contributed by atoms with E-state index in [-0.39, 0.29) is 0 Å². The van der Waals surface area contributed by atoms with Gasteiger partial charge in [0.1, 0.15) is 0 Å². The number of aliphatic hydroxyl groups excluding tert-OH is 1. The second-order valence-electron chi connectivity index (χ2n) is 9.55. The van der Waals surface area contributed by atoms with E-state index >= 15 is 0 Å². The van der Waals surface area contributed by atoms with Gasteiger partial charge in [0.15, 0.2) is 8.07 Å². The molecular weight excluding hydrogens is 489 g/mol. The minimum absolute atomic E-state index is 0.597. The quantitative estimate of drug-likeness (QED) is 0.157. The first kappa shape index (κ1) is 27.0. The molecule has 4 heteroatoms. The first-order valence-electron chi connectivity index (χ1n) is 13.1. The SMILES string of the molecule is CCCCC[C@@H](O)/C(=C\[Si](c1ccccc1)(c1ccccc1)c1ccccc1)S(=O)c1ccc(C)cc1. The third-order valence-electron chi connectivity index (χ3n) is 6.90. The normalized spacial score (nSPS) is 13.8. The number of rotatable bonds is 11. The maximum absolute atomic E-state index is 14.2. The molecule has 37 heavy (non-hydrogen) atoms. The van der Waals surface area contributed by atoms with Gasteiger partial charge in [0.2, 0.25) is 0 Å². The van der Waals surface area contributed by atoms with E-state index in [0.29, 0.717) is 11.3 Å². The minimum Gasteiger partial charge on any atom is -0.388 e. The van der Waals surface area contributed by atoms with Crippen LogP contribution in [0.4, 0.5) is 0 Å². The van der Waals surface area contributed by atoms with Gasteiger partial charge in [-0.05, 0) is 41.0 Å². The lowest BCUT2D eigenvalue weighted by Crippen LogP contribution is -2.66. The highest BCUT2D eigenvalue weighted by atomic mass is 32.2. The van der Waals surface area contributed by atoms with Crippen LogP contribution < -0.4 is 15.6 Å². The zero-order chi connectivity index (χ0) is 26.1. The molecule has 0 aromatic heterocycles. The number of aryl methyl sites for hydroxylation is 1. The summed E-state index contributed by atoms with van der Waals surface area (Å²) >= 11 is 0. The Morgan fingerprint density at radius 1 is 0.757 bits per heavy atom. The summed E-state index contributed by atoms with van der Waals surface area (Å²) in [7, 11) is -4.31. The van der Waals surface area contributed by atoms with E-state index in [4.69, 9.17) is 0 Å². The maximum Gasteiger partial charge on any atom is 0.173 e. The van der Waals surface area contributed by atoms with Crippen molar-refractivity contribution in [2.75, 3.05) is 0 Å². The zero-order valence-corrected chi connectivity index (χ0v) is 23.5. The Hall–Kier alpha value is -3.05. The molecule has 0 aliphatic heterocycles. The van der Waals surface area contributed by atoms with Crippen molar-refractivity contribution in [3.05, 3.63) is 131 Å². The van der Waals surface area contributed by atoms with Crippen molar-refractivity contribution in [1.82, 2.24) is 0 Å². The molecule has 0 radical (unpaired) electrons. The Bertz CT molecular complexity index is 1210. The molecule has 0 amide bonds. The summed E-state index contributed by atoms with van der Waals surface area (Å²) in [5.74, 6) is 0. The largest absolute Gasteiger partial charge is 0.388 e. The van der Waals surface area contributed by atoms with Gasteiger partial charge >= 0.3 is 0 Å². The van der Waals surface area contributed by atoms with Crippen molar-refractivity contribution in [3.63, 3.8) is 0 Å². The van der Waals surface area contributed by atoms with Gasteiger partial charge < -0.3 is 5.11 Å². The lowest BCUT2D eigenvalue weighted by atomic mass is 10.1. The average Bonchev–Trinajstić information content (AvgIpc) is 2.95. The van der Waals surface area contributed by atoms with Gasteiger partial charge in [-0.25, -0.2) is 4.21 Å². The molecule has 4 rings (SSSR count). The molecule has 0 saturated carbocycles. The van der Waals surface area contributed by atoms with Crippen LogP contribution >= 0.6 is 0 Å². The summed E-state index contributed by atoms with van der Waals surface area (Å²) in [4.78, 5) is 1.34. The Labute approximate surface area is 225 Å². The average molecular weight is 525 g/mol. The Morgan fingerprint density at radius 3 is 1.65 bits per heavy atom. The Morgan fingerprint density at radius 2 is 1.22 bits per heavy atom. The van der Waals surface area contributed by atoms with Crippen LogP contribution in [-0.4, -0.2) is 23.5 Å². The van der Waals surface area contributed by atoms with E-state index in [1.807, 2.05) is 49.4 Å². The molecule has 0 bridgehead atoms. The van der Waals surface area contributed by atoms with E-state index in [1.54, 1.807) is 0 Å². The van der Waals surface area contributed by atoms with Crippen LogP contribution in [0.1, 0.15) is 38.2 Å². The highest BCUT2D eigenvalue weighted by molar-refractivity contribution is 7.89. The molecule has 0 saturated heterocycles. The Kier molecular flexibility index (Phi) is 9.45. The molecule has 0 fully saturated rings. The summed E-state index contributed by atoms with van der Waals surface area (Å²) in [6.07, 6.45) is 2.83. The Balaban J connectivity index is 2.00. The lowest BCUT2D eigenvalue weighted by molar-refractivity contribution is 0.204. The van der Waals surface area contributed by atoms with Crippen molar-refractivity contribution >= 4 is 34.4 Å². The molecular formula is C33H36O2SSi. The number of hydrogen-bond acceptors (Lipinski definition) is 2. The second kappa shape index (κ2) is 13.0. The summed E-state index contributed by atoms with van der Waals surface area (Å²) in [6.45, 7) is 4.19. The topological polar surface area (TPSA) is 37.3 Å². The van der Waals surface area contributed by atoms with Gasteiger partial charge in [-0.15, -0.1) is 0 Å². The van der Waals surface area contributed by atoms with Crippen LogP contribution in [0.3, 0.4) is 0 Å². The van der Waals surface area contributed by atoms with Crippen LogP contribution in [0.2, 0.25) is 0 Å². The van der Waals surface area contributed by atoms with Crippen LogP contribution in [0, 0.1) is 6.92 Å². The molecule has 4 aromatic rings. The second-order valence-corrected chi connectivity index (χ2v) is 14.7. The van der Waals surface area contributed by atoms with Crippen molar-refractivity contribution in [2.24, 2.45) is 0 Å². The monoisotopic (exact) mass is 524 g/mol. The maximum atomic E-state index is 14.2. The fourth-order valence-electron chi connectivity index (χ4n) is 4.87. The number of benzene rings is 4. The van der Waals surface area contributed by atoms with Gasteiger partial charge in [-0.1, -0.05) is 141 Å². The van der Waals surface area contributed by atoms with E-state index in [2.05, 4.69) is 85.4 Å². The van der Waals surface area contributed by atoms with Crippen LogP contribution in [0.5, 0.6) is 0 Å². The zero-order valence-electron chi connectivity index (χ0n) is 21.7. The van der Waals surface area contributed by atoms with E-state index in [0.717, 1.165) is 29.7 Å². The van der Waals surface area contributed by atoms with E-state index in [1.165, 1.54) is 15.6 Å². The summed E-state index contributed by atoms with van der Waals surface area (Å²) < 4.78 is 14.2. The number of aliphatic hydroxyl groups is 1. The molecule has 4 aromatic carbocycles. The molecule has 1 N–H and O–H groups in total. The first-order chi connectivity index (χ1) is 18.1. The summed E-state index contributed by atoms with van der Waals surface area (Å²) in [5, 5.41) is 15.2. The van der Waals surface area contributed by atoms with Crippen molar-refractivity contribution in [1.29, 1.82) is 0 Å². The standard InChI is InChI=1S/C33H36O2SSi/c1-3-4-8-21-32(34)33(36(35)28-24-22-27(2)23-25-28)26-37(29-15-9-5-10-16-29,30-17-11-6-12-18-30)31-19-13-7-14-20-31/h5-7,9-20,22-26,32,34H,3-4,8,21H2,1-2H3/b33-26+/t32-,36?/m1/s1. The summed E-state index contributed by atoms with van der Waals surface area (Å²) in [6, 6.07) is 39.5. The highest BCUT2D eigenvalue weighted by Gasteiger charge is 2.39. The molecule has 1 unspecified atom stereocenters. The van der Waals surface area contributed by atoms with E-state index < -0.39 is 25.0 Å². The van der Waals surface area contributed by atoms with Gasteiger partial charge in [-0.3, -0.25) is 0 Å². The molecule has 190 valence electrons. The highest BCUT2D eigenvalue weighted by Crippen LogP contribution is 2.24. The lowest BCUT2D eigenvalue weighted by Gasteiger charge is -2.32. The number of unbranched alkanes of at least 4 members (excludes halogenated alkanes) is 2. The van der Waals surface area contributed by atoms with Crippen LogP contribution in [0.15, 0.2) is 131 Å². The first-order valence-corrected chi connectivity index (χ1v) is 16.3. The molecule has 2 nitrogen and oxygen atoms in total. The van der Waals surface area contributed by atoms with Crippen molar-refractivity contribution < 1.29 is 9.32 Å². The smallest absolute Gasteiger partial charge is 0.173 e. The fourth-order valence-corrected chi connectivity index (χ4v) is 11.1. The third kappa shape index (κ3) is 6.27. The van der Waals surface area contributed by atoms with Gasteiger partial charge in [0.25, 0.3) is 0 Å². The van der Waals surface area contributed by atoms with Gasteiger partial charge in [0, 0.05) is 9.80 Å². The van der Waals surface area contributed by atoms with E-state index in [9.17, 15) is 9.32 Å². The van der Waals surface area contributed by atoms with Crippen LogP contribution in [-0.2, 0) is 10.8 Å². The molecule has 0 aliphatic rings. The molecule has 0 heterocycles. The van der Waals surface area contributed by atoms with Gasteiger partial charge in [0.05, 0.1) is 16.9 Å². The van der Waals surface area contributed by atoms with Crippen molar-refractivity contribution in [3.8, 4) is 0 Å². The third-order valence-corrected chi connectivity index (χ3v) is 13.1. The van der Waals surface area contributed by atoms with Crippen LogP contribution in [0.25, 0.3) is 0 Å². The predicted molar refractivity (Wildman–Crippen MR) is 160 cm³/mol. The molecule has 2 atom stereocenters. The molecule has 0 aliphatic carbocycles. The van der Waals surface area contributed by atoms with Crippen molar-refractivity contribution in [2.45, 2.75) is 50.5 Å². The fraction of sp³-hybridized carbons (Fsp3) is 0.212. The minimum atomic E-state index is -2.82. The summed E-state index contributed by atoms with van der Waals surface area (Å²) in [5.41, 5.74) is 3.34.